The zero-order valence-electron chi connectivity index (χ0n) is 26.6. The molecule has 2 amide bonds. The van der Waals surface area contributed by atoms with Gasteiger partial charge in [-0.25, -0.2) is 4.98 Å². The van der Waals surface area contributed by atoms with Crippen LogP contribution in [0.15, 0.2) is 29.8 Å². The van der Waals surface area contributed by atoms with Gasteiger partial charge in [-0.1, -0.05) is 92.5 Å². The lowest BCUT2D eigenvalue weighted by atomic mass is 9.71. The van der Waals surface area contributed by atoms with E-state index >= 15 is 0 Å². The zero-order valence-corrected chi connectivity index (χ0v) is 27.5. The largest absolute Gasteiger partial charge is 0.391 e. The van der Waals surface area contributed by atoms with E-state index in [1.165, 1.54) is 0 Å². The Balaban J connectivity index is 1.67. The van der Waals surface area contributed by atoms with Crippen molar-refractivity contribution in [2.75, 3.05) is 13.1 Å². The molecular weight excluding hydrogens is 532 g/mol. The molecule has 8 heteroatoms. The minimum Gasteiger partial charge on any atom is -0.391 e. The minimum absolute atomic E-state index is 0.000107. The lowest BCUT2D eigenvalue weighted by Gasteiger charge is -2.40. The van der Waals surface area contributed by atoms with Crippen LogP contribution in [0.5, 0.6) is 0 Å². The van der Waals surface area contributed by atoms with E-state index in [1.54, 1.807) is 16.2 Å². The number of rotatable bonds is 12. The molecule has 2 heterocycles. The molecule has 2 aromatic rings. The number of benzene rings is 1. The molecule has 1 aromatic carbocycles. The van der Waals surface area contributed by atoms with Crippen molar-refractivity contribution in [1.29, 1.82) is 0 Å². The number of aliphatic hydroxyl groups is 1. The van der Waals surface area contributed by atoms with Crippen molar-refractivity contribution in [1.82, 2.24) is 20.5 Å². The molecule has 1 fully saturated rings. The number of amides is 2. The number of thiazole rings is 1. The summed E-state index contributed by atoms with van der Waals surface area (Å²) in [5, 5.41) is 17.1. The molecule has 1 saturated heterocycles. The summed E-state index contributed by atoms with van der Waals surface area (Å²) in [6.45, 7) is 20.7. The van der Waals surface area contributed by atoms with E-state index in [9.17, 15) is 14.7 Å². The van der Waals surface area contributed by atoms with Crippen molar-refractivity contribution in [2.24, 2.45) is 16.2 Å². The lowest BCUT2D eigenvalue weighted by molar-refractivity contribution is -0.142. The highest BCUT2D eigenvalue weighted by Gasteiger charge is 2.44. The summed E-state index contributed by atoms with van der Waals surface area (Å²) < 4.78 is 0. The first-order valence-electron chi connectivity index (χ1n) is 15.1. The molecule has 0 bridgehead atoms. The highest BCUT2D eigenvalue weighted by molar-refractivity contribution is 7.13. The molecule has 1 aliphatic heterocycles. The molecule has 3 rings (SSSR count). The topological polar surface area (TPSA) is 94.6 Å². The third-order valence-corrected chi connectivity index (χ3v) is 9.78. The van der Waals surface area contributed by atoms with Gasteiger partial charge in [0.1, 0.15) is 6.04 Å². The SMILES string of the molecule is CCC(C)(CC)CC(C)(C)CN[C@H](C(=O)N1C[C@H](O)C[C@H]1C(=O)NCc1ccc(-c2scnc2C)cc1)C(C)(C)C. The van der Waals surface area contributed by atoms with Gasteiger partial charge in [-0.2, -0.15) is 0 Å². The van der Waals surface area contributed by atoms with Gasteiger partial charge < -0.3 is 20.6 Å². The highest BCUT2D eigenvalue weighted by atomic mass is 32.1. The Bertz CT molecular complexity index is 1160. The van der Waals surface area contributed by atoms with Gasteiger partial charge in [0.2, 0.25) is 11.8 Å². The summed E-state index contributed by atoms with van der Waals surface area (Å²) in [4.78, 5) is 34.4. The van der Waals surface area contributed by atoms with Gasteiger partial charge in [0.25, 0.3) is 0 Å². The minimum atomic E-state index is -0.719. The van der Waals surface area contributed by atoms with Gasteiger partial charge in [-0.15, -0.1) is 11.3 Å². The van der Waals surface area contributed by atoms with Crippen LogP contribution in [-0.4, -0.2) is 58.1 Å². The first-order chi connectivity index (χ1) is 19.1. The van der Waals surface area contributed by atoms with E-state index in [-0.39, 0.29) is 41.0 Å². The molecule has 228 valence electrons. The van der Waals surface area contributed by atoms with Crippen molar-refractivity contribution < 1.29 is 14.7 Å². The van der Waals surface area contributed by atoms with Crippen molar-refractivity contribution in [2.45, 2.75) is 113 Å². The molecule has 0 saturated carbocycles. The Kier molecular flexibility index (Phi) is 10.8. The van der Waals surface area contributed by atoms with Crippen LogP contribution in [0.1, 0.15) is 92.3 Å². The van der Waals surface area contributed by atoms with E-state index in [0.717, 1.165) is 41.0 Å². The van der Waals surface area contributed by atoms with Crippen LogP contribution in [0.4, 0.5) is 0 Å². The van der Waals surface area contributed by atoms with E-state index in [1.807, 2.05) is 36.7 Å². The number of nitrogens with one attached hydrogen (secondary N) is 2. The number of aromatic nitrogens is 1. The van der Waals surface area contributed by atoms with Crippen LogP contribution in [0.3, 0.4) is 0 Å². The molecule has 1 aromatic heterocycles. The van der Waals surface area contributed by atoms with E-state index in [4.69, 9.17) is 0 Å². The maximum atomic E-state index is 14.0. The molecular formula is C33H52N4O3S. The van der Waals surface area contributed by atoms with Gasteiger partial charge in [0, 0.05) is 26.1 Å². The van der Waals surface area contributed by atoms with E-state index in [2.05, 4.69) is 71.0 Å². The summed E-state index contributed by atoms with van der Waals surface area (Å²) in [5.74, 6) is -0.352. The third-order valence-electron chi connectivity index (χ3n) is 8.80. The smallest absolute Gasteiger partial charge is 0.243 e. The number of aliphatic hydroxyl groups excluding tert-OH is 1. The summed E-state index contributed by atoms with van der Waals surface area (Å²) >= 11 is 1.61. The Morgan fingerprint density at radius 3 is 2.27 bits per heavy atom. The average molecular weight is 585 g/mol. The number of aryl methyl sites for hydroxylation is 1. The maximum absolute atomic E-state index is 14.0. The number of hydrogen-bond acceptors (Lipinski definition) is 6. The second kappa shape index (κ2) is 13.3. The number of carbonyl (C=O) groups is 2. The number of likely N-dealkylation sites (tertiary alicyclic amines) is 1. The summed E-state index contributed by atoms with van der Waals surface area (Å²) in [7, 11) is 0. The molecule has 0 radical (unpaired) electrons. The van der Waals surface area contributed by atoms with Crippen molar-refractivity contribution in [3.63, 3.8) is 0 Å². The van der Waals surface area contributed by atoms with Gasteiger partial charge in [0.15, 0.2) is 0 Å². The Hall–Kier alpha value is -2.29. The van der Waals surface area contributed by atoms with E-state index < -0.39 is 18.2 Å². The number of β-amino-alcohol motifs (C(OH)–C–C–N with tert-alkyl or cyclic N) is 1. The fraction of sp³-hybridized carbons (Fsp3) is 0.667. The summed E-state index contributed by atoms with van der Waals surface area (Å²) in [6.07, 6.45) is 2.82. The number of carbonyl (C=O) groups excluding carboxylic acids is 2. The van der Waals surface area contributed by atoms with Crippen LogP contribution in [0.25, 0.3) is 10.4 Å². The summed E-state index contributed by atoms with van der Waals surface area (Å²) in [5.41, 5.74) is 4.83. The predicted octanol–water partition coefficient (Wildman–Crippen LogP) is 5.94. The second-order valence-electron chi connectivity index (χ2n) is 14.1. The quantitative estimate of drug-likeness (QED) is 0.287. The van der Waals surface area contributed by atoms with Crippen molar-refractivity contribution >= 4 is 23.2 Å². The first kappa shape index (κ1) is 33.2. The van der Waals surface area contributed by atoms with Gasteiger partial charge >= 0.3 is 0 Å². The first-order valence-corrected chi connectivity index (χ1v) is 16.0. The lowest BCUT2D eigenvalue weighted by Crippen LogP contribution is -2.57. The van der Waals surface area contributed by atoms with Gasteiger partial charge in [-0.3, -0.25) is 9.59 Å². The number of nitrogens with zero attached hydrogens (tertiary/aromatic N) is 2. The third kappa shape index (κ3) is 8.62. The molecule has 0 spiro atoms. The molecule has 0 unspecified atom stereocenters. The van der Waals surface area contributed by atoms with Gasteiger partial charge in [0.05, 0.1) is 28.2 Å². The molecule has 3 atom stereocenters. The molecule has 41 heavy (non-hydrogen) atoms. The Morgan fingerprint density at radius 2 is 1.73 bits per heavy atom. The Morgan fingerprint density at radius 1 is 1.10 bits per heavy atom. The molecule has 0 aliphatic carbocycles. The normalized spacial score (nSPS) is 18.9. The molecule has 7 nitrogen and oxygen atoms in total. The molecule has 1 aliphatic rings. The van der Waals surface area contributed by atoms with Crippen molar-refractivity contribution in [3.05, 3.63) is 41.0 Å². The highest BCUT2D eigenvalue weighted by Crippen LogP contribution is 2.39. The average Bonchev–Trinajstić information content (AvgIpc) is 3.51. The van der Waals surface area contributed by atoms with Crippen LogP contribution < -0.4 is 10.6 Å². The van der Waals surface area contributed by atoms with E-state index in [0.29, 0.717) is 13.1 Å². The summed E-state index contributed by atoms with van der Waals surface area (Å²) in [6, 6.07) is 6.93. The van der Waals surface area contributed by atoms with Gasteiger partial charge in [-0.05, 0) is 40.7 Å². The standard InChI is InChI=1S/C33H52N4O3S/c1-10-33(9,11-2)19-32(7,8)20-35-28(31(4,5)6)30(40)37-18-25(38)16-26(37)29(39)34-17-23-12-14-24(15-13-23)27-22(3)36-21-41-27/h12-15,21,25-26,28,35,38H,10-11,16-20H2,1-9H3,(H,34,39)/t25-,26+,28-/m1/s1. The monoisotopic (exact) mass is 584 g/mol. The fourth-order valence-corrected chi connectivity index (χ4v) is 6.80. The Labute approximate surface area is 251 Å². The fourth-order valence-electron chi connectivity index (χ4n) is 5.99. The van der Waals surface area contributed by atoms with Crippen LogP contribution in [0.2, 0.25) is 0 Å². The maximum Gasteiger partial charge on any atom is 0.243 e. The number of hydrogen-bond donors (Lipinski definition) is 3. The predicted molar refractivity (Wildman–Crippen MR) is 169 cm³/mol. The van der Waals surface area contributed by atoms with Crippen LogP contribution in [-0.2, 0) is 16.1 Å². The van der Waals surface area contributed by atoms with Crippen LogP contribution >= 0.6 is 11.3 Å². The zero-order chi connectivity index (χ0) is 30.6. The second-order valence-corrected chi connectivity index (χ2v) is 15.0. The van der Waals surface area contributed by atoms with Crippen LogP contribution in [0, 0.1) is 23.2 Å². The molecule has 3 N–H and O–H groups in total. The van der Waals surface area contributed by atoms with Crippen molar-refractivity contribution in [3.8, 4) is 10.4 Å².